The van der Waals surface area contributed by atoms with E-state index in [2.05, 4.69) is 30.8 Å². The van der Waals surface area contributed by atoms with Crippen LogP contribution in [0.25, 0.3) is 0 Å². The summed E-state index contributed by atoms with van der Waals surface area (Å²) in [5, 5.41) is 4.60. The molecule has 0 bridgehead atoms. The van der Waals surface area contributed by atoms with E-state index in [4.69, 9.17) is 10.5 Å². The van der Waals surface area contributed by atoms with Crippen molar-refractivity contribution in [2.24, 2.45) is 0 Å². The molecule has 2 N–H and O–H groups in total. The Bertz CT molecular complexity index is 388. The van der Waals surface area contributed by atoms with Crippen LogP contribution in [0.1, 0.15) is 26.5 Å². The highest BCUT2D eigenvalue weighted by Gasteiger charge is 2.19. The van der Waals surface area contributed by atoms with Gasteiger partial charge in [-0.25, -0.2) is 4.68 Å². The van der Waals surface area contributed by atoms with Crippen molar-refractivity contribution in [2.45, 2.75) is 32.7 Å². The van der Waals surface area contributed by atoms with E-state index in [1.165, 1.54) is 0 Å². The Hall–Kier alpha value is -1.07. The molecule has 0 unspecified atom stereocenters. The largest absolute Gasteiger partial charge is 0.384 e. The van der Waals surface area contributed by atoms with Crippen LogP contribution >= 0.6 is 0 Å². The number of nitrogens with two attached hydrogens (primary N) is 1. The predicted molar refractivity (Wildman–Crippen MR) is 72.6 cm³/mol. The lowest BCUT2D eigenvalue weighted by Gasteiger charge is -2.26. The third kappa shape index (κ3) is 3.23. The molecule has 0 saturated carbocycles. The van der Waals surface area contributed by atoms with Crippen LogP contribution in [0, 0.1) is 0 Å². The molecule has 0 aromatic carbocycles. The molecule has 5 heteroatoms. The normalized spacial score (nSPS) is 18.2. The average Bonchev–Trinajstić information content (AvgIpc) is 2.69. The van der Waals surface area contributed by atoms with Gasteiger partial charge in [0.2, 0.25) is 0 Å². The number of ether oxygens (including phenoxy) is 1. The molecule has 5 nitrogen and oxygen atoms in total. The lowest BCUT2D eigenvalue weighted by Crippen LogP contribution is -2.38. The Kier molecular flexibility index (Phi) is 3.92. The smallest absolute Gasteiger partial charge is 0.121 e. The summed E-state index contributed by atoms with van der Waals surface area (Å²) in [7, 11) is 0. The summed E-state index contributed by atoms with van der Waals surface area (Å²) in [6.07, 6.45) is 0. The van der Waals surface area contributed by atoms with Crippen molar-refractivity contribution in [3.05, 3.63) is 11.8 Å². The molecule has 1 fully saturated rings. The number of aromatic nitrogens is 2. The Morgan fingerprint density at radius 3 is 2.50 bits per heavy atom. The van der Waals surface area contributed by atoms with E-state index in [1.54, 1.807) is 0 Å². The van der Waals surface area contributed by atoms with Gasteiger partial charge < -0.3 is 10.5 Å². The van der Waals surface area contributed by atoms with Crippen LogP contribution in [0.2, 0.25) is 0 Å². The third-order valence-corrected chi connectivity index (χ3v) is 3.31. The lowest BCUT2D eigenvalue weighted by molar-refractivity contribution is 0.0360. The molecule has 0 spiro atoms. The second kappa shape index (κ2) is 5.28. The van der Waals surface area contributed by atoms with Gasteiger partial charge in [0, 0.05) is 31.1 Å². The highest BCUT2D eigenvalue weighted by atomic mass is 16.5. The molecule has 1 aromatic rings. The van der Waals surface area contributed by atoms with Gasteiger partial charge in [0.15, 0.2) is 0 Å². The molecule has 0 radical (unpaired) electrons. The van der Waals surface area contributed by atoms with Crippen LogP contribution < -0.4 is 5.73 Å². The number of nitrogen functional groups attached to an aromatic ring is 1. The molecule has 1 aromatic heterocycles. The molecule has 2 rings (SSSR count). The standard InChI is InChI=1S/C13H24N4O/c1-13(2,3)11-10-12(14)17(15-11)5-4-16-6-8-18-9-7-16/h10H,4-9,14H2,1-3H3. The van der Waals surface area contributed by atoms with Gasteiger partial charge in [-0.3, -0.25) is 4.90 Å². The van der Waals surface area contributed by atoms with Crippen LogP contribution in [0.4, 0.5) is 5.82 Å². The predicted octanol–water partition coefficient (Wildman–Crippen LogP) is 1.10. The summed E-state index contributed by atoms with van der Waals surface area (Å²) in [5.41, 5.74) is 7.12. The monoisotopic (exact) mass is 252 g/mol. The second-order valence-corrected chi connectivity index (χ2v) is 5.88. The fraction of sp³-hybridized carbons (Fsp3) is 0.769. The Labute approximate surface area is 109 Å². The summed E-state index contributed by atoms with van der Waals surface area (Å²) in [6.45, 7) is 12.0. The van der Waals surface area contributed by atoms with Gasteiger partial charge in [0.25, 0.3) is 0 Å². The number of hydrogen-bond acceptors (Lipinski definition) is 4. The van der Waals surface area contributed by atoms with Crippen LogP contribution in [-0.4, -0.2) is 47.5 Å². The third-order valence-electron chi connectivity index (χ3n) is 3.31. The van der Waals surface area contributed by atoms with Gasteiger partial charge in [0.05, 0.1) is 25.5 Å². The van der Waals surface area contributed by atoms with Crippen molar-refractivity contribution in [3.8, 4) is 0 Å². The number of hydrogen-bond donors (Lipinski definition) is 1. The first-order valence-electron chi connectivity index (χ1n) is 6.61. The van der Waals surface area contributed by atoms with Crippen LogP contribution in [0.15, 0.2) is 6.07 Å². The summed E-state index contributed by atoms with van der Waals surface area (Å²) >= 11 is 0. The van der Waals surface area contributed by atoms with Crippen molar-refractivity contribution < 1.29 is 4.74 Å². The number of nitrogens with zero attached hydrogens (tertiary/aromatic N) is 3. The minimum Gasteiger partial charge on any atom is -0.384 e. The maximum absolute atomic E-state index is 6.01. The van der Waals surface area contributed by atoms with E-state index in [-0.39, 0.29) is 5.41 Å². The molecule has 18 heavy (non-hydrogen) atoms. The van der Waals surface area contributed by atoms with E-state index in [0.717, 1.165) is 50.9 Å². The van der Waals surface area contributed by atoms with Gasteiger partial charge >= 0.3 is 0 Å². The van der Waals surface area contributed by atoms with E-state index >= 15 is 0 Å². The zero-order chi connectivity index (χ0) is 13.2. The highest BCUT2D eigenvalue weighted by Crippen LogP contribution is 2.22. The number of rotatable bonds is 3. The molecule has 1 aliphatic heterocycles. The van der Waals surface area contributed by atoms with Crippen molar-refractivity contribution in [3.63, 3.8) is 0 Å². The zero-order valence-corrected chi connectivity index (χ0v) is 11.6. The quantitative estimate of drug-likeness (QED) is 0.875. The van der Waals surface area contributed by atoms with Crippen molar-refractivity contribution >= 4 is 5.82 Å². The minimum atomic E-state index is 0.0539. The zero-order valence-electron chi connectivity index (χ0n) is 11.6. The lowest BCUT2D eigenvalue weighted by atomic mass is 9.92. The second-order valence-electron chi connectivity index (χ2n) is 5.88. The SMILES string of the molecule is CC(C)(C)c1cc(N)n(CCN2CCOCC2)n1. The van der Waals surface area contributed by atoms with E-state index in [9.17, 15) is 0 Å². The average molecular weight is 252 g/mol. The Morgan fingerprint density at radius 1 is 1.28 bits per heavy atom. The highest BCUT2D eigenvalue weighted by molar-refractivity contribution is 5.33. The van der Waals surface area contributed by atoms with Crippen LogP contribution in [0.3, 0.4) is 0 Å². The van der Waals surface area contributed by atoms with Gasteiger partial charge in [0.1, 0.15) is 5.82 Å². The van der Waals surface area contributed by atoms with Crippen molar-refractivity contribution in [1.82, 2.24) is 14.7 Å². The first-order chi connectivity index (χ1) is 8.47. The number of morpholine rings is 1. The molecule has 0 atom stereocenters. The topological polar surface area (TPSA) is 56.3 Å². The van der Waals surface area contributed by atoms with Crippen LogP contribution in [0.5, 0.6) is 0 Å². The molecule has 1 saturated heterocycles. The molecule has 0 amide bonds. The fourth-order valence-electron chi connectivity index (χ4n) is 2.04. The van der Waals surface area contributed by atoms with Gasteiger partial charge in [-0.05, 0) is 0 Å². The van der Waals surface area contributed by atoms with Crippen LogP contribution in [-0.2, 0) is 16.7 Å². The van der Waals surface area contributed by atoms with E-state index in [1.807, 2.05) is 10.7 Å². The van der Waals surface area contributed by atoms with Gasteiger partial charge in [-0.1, -0.05) is 20.8 Å². The first-order valence-corrected chi connectivity index (χ1v) is 6.61. The molecule has 2 heterocycles. The van der Waals surface area contributed by atoms with Gasteiger partial charge in [-0.15, -0.1) is 0 Å². The van der Waals surface area contributed by atoms with Crippen molar-refractivity contribution in [2.75, 3.05) is 38.6 Å². The Balaban J connectivity index is 1.94. The summed E-state index contributed by atoms with van der Waals surface area (Å²) in [4.78, 5) is 2.39. The number of anilines is 1. The maximum Gasteiger partial charge on any atom is 0.121 e. The fourth-order valence-corrected chi connectivity index (χ4v) is 2.04. The van der Waals surface area contributed by atoms with E-state index < -0.39 is 0 Å². The Morgan fingerprint density at radius 2 is 1.94 bits per heavy atom. The molecular formula is C13H24N4O. The summed E-state index contributed by atoms with van der Waals surface area (Å²) in [5.74, 6) is 0.758. The van der Waals surface area contributed by atoms with Gasteiger partial charge in [-0.2, -0.15) is 5.10 Å². The summed E-state index contributed by atoms with van der Waals surface area (Å²) < 4.78 is 7.25. The molecule has 102 valence electrons. The minimum absolute atomic E-state index is 0.0539. The summed E-state index contributed by atoms with van der Waals surface area (Å²) in [6, 6.07) is 1.99. The van der Waals surface area contributed by atoms with E-state index in [0.29, 0.717) is 0 Å². The molecular weight excluding hydrogens is 228 g/mol. The molecule has 0 aliphatic carbocycles. The van der Waals surface area contributed by atoms with Crippen molar-refractivity contribution in [1.29, 1.82) is 0 Å². The maximum atomic E-state index is 6.01. The molecule has 1 aliphatic rings. The first kappa shape index (κ1) is 13.4.